The molecule has 2 fully saturated rings. The van der Waals surface area contributed by atoms with Crippen molar-refractivity contribution in [2.24, 2.45) is 5.92 Å². The molecule has 4 nitrogen and oxygen atoms in total. The van der Waals surface area contributed by atoms with Gasteiger partial charge in [-0.3, -0.25) is 0 Å². The number of hydrogen-bond donors (Lipinski definition) is 1. The van der Waals surface area contributed by atoms with Crippen LogP contribution in [0.2, 0.25) is 0 Å². The Morgan fingerprint density at radius 3 is 2.50 bits per heavy atom. The van der Waals surface area contributed by atoms with E-state index in [1.54, 1.807) is 0 Å². The maximum atomic E-state index is 12.6. The molecule has 0 aliphatic carbocycles. The van der Waals surface area contributed by atoms with Crippen molar-refractivity contribution in [1.29, 1.82) is 0 Å². The Morgan fingerprint density at radius 2 is 1.85 bits per heavy atom. The molecule has 2 aliphatic rings. The highest BCUT2D eigenvalue weighted by Crippen LogP contribution is 2.22. The second-order valence-electron chi connectivity index (χ2n) is 6.29. The number of nitrogens with one attached hydrogen (secondary N) is 1. The molecule has 0 spiro atoms. The molecule has 2 unspecified atom stereocenters. The molecule has 0 aromatic carbocycles. The first-order valence-corrected chi connectivity index (χ1v) is 8.53. The minimum Gasteiger partial charge on any atom is -0.325 e. The van der Waals surface area contributed by atoms with Gasteiger partial charge in [0.15, 0.2) is 0 Å². The van der Waals surface area contributed by atoms with E-state index in [9.17, 15) is 4.79 Å². The zero-order valence-electron chi connectivity index (χ0n) is 13.2. The third-order valence-electron chi connectivity index (χ3n) is 4.81. The average molecular weight is 281 g/mol. The van der Waals surface area contributed by atoms with E-state index < -0.39 is 0 Å². The highest BCUT2D eigenvalue weighted by Gasteiger charge is 2.32. The summed E-state index contributed by atoms with van der Waals surface area (Å²) in [5.74, 6) is 0.615. The summed E-state index contributed by atoms with van der Waals surface area (Å²) in [6, 6.07) is 0.891. The Kier molecular flexibility index (Phi) is 6.14. The molecular formula is C16H31N3O. The van der Waals surface area contributed by atoms with Gasteiger partial charge in [-0.15, -0.1) is 0 Å². The van der Waals surface area contributed by atoms with Crippen molar-refractivity contribution in [3.63, 3.8) is 0 Å². The molecule has 2 saturated heterocycles. The molecule has 4 heteroatoms. The van der Waals surface area contributed by atoms with Gasteiger partial charge in [0.05, 0.1) is 0 Å². The van der Waals surface area contributed by atoms with Crippen LogP contribution in [0.4, 0.5) is 4.79 Å². The summed E-state index contributed by atoms with van der Waals surface area (Å²) in [6.45, 7) is 9.35. The van der Waals surface area contributed by atoms with Gasteiger partial charge in [0.1, 0.15) is 0 Å². The molecule has 1 N–H and O–H groups in total. The lowest BCUT2D eigenvalue weighted by Crippen LogP contribution is -2.54. The summed E-state index contributed by atoms with van der Waals surface area (Å²) in [7, 11) is 0. The van der Waals surface area contributed by atoms with E-state index in [1.807, 2.05) is 0 Å². The van der Waals surface area contributed by atoms with E-state index in [0.29, 0.717) is 12.0 Å². The smallest absolute Gasteiger partial charge is 0.320 e. The van der Waals surface area contributed by atoms with E-state index in [2.05, 4.69) is 29.0 Å². The highest BCUT2D eigenvalue weighted by atomic mass is 16.2. The maximum absolute atomic E-state index is 12.6. The Bertz CT molecular complexity index is 302. The van der Waals surface area contributed by atoms with Gasteiger partial charge in [-0.2, -0.15) is 0 Å². The number of nitrogens with zero attached hydrogens (tertiary/aromatic N) is 2. The summed E-state index contributed by atoms with van der Waals surface area (Å²) in [5, 5.41) is 3.66. The summed E-state index contributed by atoms with van der Waals surface area (Å²) in [6.07, 6.45) is 7.09. The first-order valence-electron chi connectivity index (χ1n) is 8.53. The first kappa shape index (κ1) is 15.6. The molecule has 2 heterocycles. The molecule has 2 amide bonds. The van der Waals surface area contributed by atoms with Gasteiger partial charge in [0.2, 0.25) is 0 Å². The van der Waals surface area contributed by atoms with E-state index in [-0.39, 0.29) is 6.03 Å². The van der Waals surface area contributed by atoms with Gasteiger partial charge in [-0.1, -0.05) is 20.3 Å². The summed E-state index contributed by atoms with van der Waals surface area (Å²) >= 11 is 0. The summed E-state index contributed by atoms with van der Waals surface area (Å²) in [5.41, 5.74) is 0. The van der Waals surface area contributed by atoms with Gasteiger partial charge in [0.25, 0.3) is 0 Å². The topological polar surface area (TPSA) is 35.6 Å². The van der Waals surface area contributed by atoms with Crippen LogP contribution in [0.5, 0.6) is 0 Å². The van der Waals surface area contributed by atoms with E-state index >= 15 is 0 Å². The van der Waals surface area contributed by atoms with Crippen LogP contribution < -0.4 is 5.32 Å². The zero-order chi connectivity index (χ0) is 14.4. The van der Waals surface area contributed by atoms with Gasteiger partial charge in [-0.25, -0.2) is 4.79 Å². The van der Waals surface area contributed by atoms with Crippen LogP contribution in [0.1, 0.15) is 52.4 Å². The van der Waals surface area contributed by atoms with Crippen molar-refractivity contribution in [3.8, 4) is 0 Å². The fraction of sp³-hybridized carbons (Fsp3) is 0.938. The van der Waals surface area contributed by atoms with E-state index in [0.717, 1.165) is 45.6 Å². The molecular weight excluding hydrogens is 250 g/mol. The molecule has 0 aromatic rings. The van der Waals surface area contributed by atoms with Gasteiger partial charge < -0.3 is 15.1 Å². The molecule has 0 radical (unpaired) electrons. The number of hydrogen-bond acceptors (Lipinski definition) is 2. The molecule has 116 valence electrons. The number of piperidine rings is 2. The predicted octanol–water partition coefficient (Wildman–Crippen LogP) is 2.69. The van der Waals surface area contributed by atoms with Crippen molar-refractivity contribution in [2.45, 2.75) is 58.4 Å². The molecule has 0 saturated carbocycles. The zero-order valence-corrected chi connectivity index (χ0v) is 13.2. The molecule has 20 heavy (non-hydrogen) atoms. The van der Waals surface area contributed by atoms with Crippen LogP contribution in [0.3, 0.4) is 0 Å². The van der Waals surface area contributed by atoms with Gasteiger partial charge in [-0.05, 0) is 44.6 Å². The number of carbonyl (C=O) groups excluding carboxylic acids is 1. The SMILES string of the molecule is CCCNC1CCN(C(=O)N2CCCCC2)CC1CC. The van der Waals surface area contributed by atoms with Gasteiger partial charge in [0, 0.05) is 32.2 Å². The van der Waals surface area contributed by atoms with Crippen molar-refractivity contribution in [3.05, 3.63) is 0 Å². The second-order valence-corrected chi connectivity index (χ2v) is 6.29. The highest BCUT2D eigenvalue weighted by molar-refractivity contribution is 5.74. The lowest BCUT2D eigenvalue weighted by molar-refractivity contribution is 0.107. The predicted molar refractivity (Wildman–Crippen MR) is 82.9 cm³/mol. The lowest BCUT2D eigenvalue weighted by Gasteiger charge is -2.41. The molecule has 0 aromatic heterocycles. The monoisotopic (exact) mass is 281 g/mol. The third-order valence-corrected chi connectivity index (χ3v) is 4.81. The van der Waals surface area contributed by atoms with E-state index in [4.69, 9.17) is 0 Å². The Morgan fingerprint density at radius 1 is 1.10 bits per heavy atom. The number of likely N-dealkylation sites (tertiary alicyclic amines) is 2. The number of carbonyl (C=O) groups is 1. The van der Waals surface area contributed by atoms with Crippen molar-refractivity contribution >= 4 is 6.03 Å². The van der Waals surface area contributed by atoms with Gasteiger partial charge >= 0.3 is 6.03 Å². The largest absolute Gasteiger partial charge is 0.325 e. The van der Waals surface area contributed by atoms with Crippen LogP contribution in [0.15, 0.2) is 0 Å². The Hall–Kier alpha value is -0.770. The second kappa shape index (κ2) is 7.87. The summed E-state index contributed by atoms with van der Waals surface area (Å²) in [4.78, 5) is 16.7. The van der Waals surface area contributed by atoms with Crippen LogP contribution >= 0.6 is 0 Å². The maximum Gasteiger partial charge on any atom is 0.320 e. The quantitative estimate of drug-likeness (QED) is 0.860. The summed E-state index contributed by atoms with van der Waals surface area (Å²) < 4.78 is 0. The van der Waals surface area contributed by atoms with Crippen LogP contribution in [-0.2, 0) is 0 Å². The van der Waals surface area contributed by atoms with Crippen LogP contribution in [0.25, 0.3) is 0 Å². The molecule has 2 rings (SSSR count). The van der Waals surface area contributed by atoms with Crippen molar-refractivity contribution in [2.75, 3.05) is 32.7 Å². The standard InChI is InChI=1S/C16H31N3O/c1-3-9-17-15-8-12-19(13-14(15)4-2)16(20)18-10-6-5-7-11-18/h14-15,17H,3-13H2,1-2H3. The van der Waals surface area contributed by atoms with E-state index in [1.165, 1.54) is 25.7 Å². The fourth-order valence-corrected chi connectivity index (χ4v) is 3.50. The minimum absolute atomic E-state index is 0.289. The Labute approximate surface area is 123 Å². The van der Waals surface area contributed by atoms with Crippen LogP contribution in [-0.4, -0.2) is 54.6 Å². The number of urea groups is 1. The molecule has 2 aliphatic heterocycles. The van der Waals surface area contributed by atoms with Crippen LogP contribution in [0, 0.1) is 5.92 Å². The number of amides is 2. The first-order chi connectivity index (χ1) is 9.76. The molecule has 2 atom stereocenters. The van der Waals surface area contributed by atoms with Crippen molar-refractivity contribution < 1.29 is 4.79 Å². The fourth-order valence-electron chi connectivity index (χ4n) is 3.50. The number of rotatable bonds is 4. The Balaban J connectivity index is 1.86. The minimum atomic E-state index is 0.289. The third kappa shape index (κ3) is 3.87. The molecule has 0 bridgehead atoms. The normalized spacial score (nSPS) is 27.7. The average Bonchev–Trinajstić information content (AvgIpc) is 2.52. The van der Waals surface area contributed by atoms with Crippen molar-refractivity contribution in [1.82, 2.24) is 15.1 Å². The lowest BCUT2D eigenvalue weighted by atomic mass is 9.90.